The van der Waals surface area contributed by atoms with E-state index in [0.29, 0.717) is 12.0 Å². The van der Waals surface area contributed by atoms with Crippen molar-refractivity contribution in [2.45, 2.75) is 51.0 Å². The third-order valence-corrected chi connectivity index (χ3v) is 5.90. The van der Waals surface area contributed by atoms with Crippen molar-refractivity contribution >= 4 is 17.7 Å². The van der Waals surface area contributed by atoms with Crippen LogP contribution in [0.2, 0.25) is 0 Å². The predicted octanol–water partition coefficient (Wildman–Crippen LogP) is 3.98. The first kappa shape index (κ1) is 20.1. The number of hydrogen-bond acceptors (Lipinski definition) is 3. The maximum absolute atomic E-state index is 5.29. The van der Waals surface area contributed by atoms with Crippen LogP contribution in [0.1, 0.15) is 43.7 Å². The lowest BCUT2D eigenvalue weighted by atomic mass is 9.67. The van der Waals surface area contributed by atoms with Crippen molar-refractivity contribution in [1.29, 1.82) is 0 Å². The molecular formula is C20H33N3OS. The predicted molar refractivity (Wildman–Crippen MR) is 109 cm³/mol. The van der Waals surface area contributed by atoms with E-state index in [4.69, 9.17) is 9.73 Å². The molecule has 0 amide bonds. The van der Waals surface area contributed by atoms with Crippen molar-refractivity contribution in [2.75, 3.05) is 33.1 Å². The molecule has 1 aliphatic rings. The summed E-state index contributed by atoms with van der Waals surface area (Å²) in [5, 5.41) is 6.95. The van der Waals surface area contributed by atoms with Crippen LogP contribution in [0.15, 0.2) is 28.1 Å². The molecule has 0 saturated heterocycles. The van der Waals surface area contributed by atoms with E-state index in [9.17, 15) is 0 Å². The molecule has 1 saturated carbocycles. The van der Waals surface area contributed by atoms with Gasteiger partial charge in [-0.25, -0.2) is 4.99 Å². The number of aryl methyl sites for hydroxylation is 1. The van der Waals surface area contributed by atoms with E-state index in [-0.39, 0.29) is 0 Å². The molecule has 5 heteroatoms. The average Bonchev–Trinajstić information content (AvgIpc) is 2.58. The van der Waals surface area contributed by atoms with E-state index in [1.807, 2.05) is 0 Å². The molecule has 140 valence electrons. The number of benzene rings is 1. The summed E-state index contributed by atoms with van der Waals surface area (Å²) < 4.78 is 5.29. The number of hydrogen-bond donors (Lipinski definition) is 2. The molecule has 0 spiro atoms. The zero-order valence-corrected chi connectivity index (χ0v) is 17.0. The van der Waals surface area contributed by atoms with Gasteiger partial charge in [-0.1, -0.05) is 18.6 Å². The molecule has 1 fully saturated rings. The van der Waals surface area contributed by atoms with Gasteiger partial charge in [0.05, 0.1) is 6.54 Å². The summed E-state index contributed by atoms with van der Waals surface area (Å²) in [6, 6.07) is 6.60. The molecule has 0 atom stereocenters. The number of aliphatic imine (C=N–C) groups is 1. The van der Waals surface area contributed by atoms with Gasteiger partial charge in [-0.15, -0.1) is 11.8 Å². The molecule has 2 N–H and O–H groups in total. The molecule has 4 nitrogen and oxygen atoms in total. The number of guanidine groups is 1. The molecule has 0 bridgehead atoms. The van der Waals surface area contributed by atoms with Crippen molar-refractivity contribution in [3.8, 4) is 0 Å². The minimum Gasteiger partial charge on any atom is -0.385 e. The molecule has 1 aliphatic carbocycles. The normalized spacial score (nSPS) is 16.4. The van der Waals surface area contributed by atoms with E-state index in [1.165, 1.54) is 35.3 Å². The fourth-order valence-corrected chi connectivity index (χ4v) is 3.97. The quantitative estimate of drug-likeness (QED) is 0.396. The van der Waals surface area contributed by atoms with Crippen LogP contribution in [-0.2, 0) is 11.3 Å². The van der Waals surface area contributed by atoms with Gasteiger partial charge in [0.25, 0.3) is 0 Å². The first-order chi connectivity index (χ1) is 12.1. The summed E-state index contributed by atoms with van der Waals surface area (Å²) in [7, 11) is 1.79. The molecule has 25 heavy (non-hydrogen) atoms. The zero-order chi connectivity index (χ0) is 18.1. The summed E-state index contributed by atoms with van der Waals surface area (Å²) in [4.78, 5) is 6.13. The lowest BCUT2D eigenvalue weighted by molar-refractivity contribution is 0.0732. The molecule has 2 rings (SSSR count). The standard InChI is InChI=1S/C20H33N3OS/c1-5-21-19(23-15-20(9-6-10-20)11-12-24-3)22-14-17-8-7-16(2)13-18(17)25-4/h7-8,13H,5-6,9-12,14-15H2,1-4H3,(H2,21,22,23). The van der Waals surface area contributed by atoms with E-state index in [0.717, 1.165) is 32.1 Å². The fraction of sp³-hybridized carbons (Fsp3) is 0.650. The van der Waals surface area contributed by atoms with E-state index in [1.54, 1.807) is 18.9 Å². The SMILES string of the molecule is CCNC(=NCc1ccc(C)cc1SC)NCC1(CCOC)CCC1. The van der Waals surface area contributed by atoms with Gasteiger partial charge in [-0.3, -0.25) is 0 Å². The Morgan fingerprint density at radius 2 is 2.12 bits per heavy atom. The first-order valence-corrected chi connectivity index (χ1v) is 10.5. The largest absolute Gasteiger partial charge is 0.385 e. The molecule has 0 radical (unpaired) electrons. The Bertz CT molecular complexity index is 570. The highest BCUT2D eigenvalue weighted by Crippen LogP contribution is 2.43. The second-order valence-electron chi connectivity index (χ2n) is 6.96. The van der Waals surface area contributed by atoms with Crippen molar-refractivity contribution < 1.29 is 4.74 Å². The van der Waals surface area contributed by atoms with Crippen molar-refractivity contribution in [1.82, 2.24) is 10.6 Å². The van der Waals surface area contributed by atoms with Crippen LogP contribution in [0.3, 0.4) is 0 Å². The minimum atomic E-state index is 0.389. The highest BCUT2D eigenvalue weighted by molar-refractivity contribution is 7.98. The number of nitrogens with zero attached hydrogens (tertiary/aromatic N) is 1. The Balaban J connectivity index is 1.98. The van der Waals surface area contributed by atoms with Gasteiger partial charge in [0.15, 0.2) is 5.96 Å². The summed E-state index contributed by atoms with van der Waals surface area (Å²) in [5.74, 6) is 0.916. The van der Waals surface area contributed by atoms with Gasteiger partial charge in [-0.2, -0.15) is 0 Å². The van der Waals surface area contributed by atoms with Crippen LogP contribution in [0.5, 0.6) is 0 Å². The lowest BCUT2D eigenvalue weighted by Crippen LogP contribution is -2.47. The van der Waals surface area contributed by atoms with Crippen LogP contribution < -0.4 is 10.6 Å². The molecule has 1 aromatic carbocycles. The number of rotatable bonds is 9. The molecule has 0 unspecified atom stereocenters. The summed E-state index contributed by atoms with van der Waals surface area (Å²) in [6.45, 7) is 7.65. The Labute approximate surface area is 157 Å². The van der Waals surface area contributed by atoms with Crippen LogP contribution >= 0.6 is 11.8 Å². The Morgan fingerprint density at radius 1 is 1.32 bits per heavy atom. The Morgan fingerprint density at radius 3 is 2.72 bits per heavy atom. The van der Waals surface area contributed by atoms with Crippen molar-refractivity contribution in [2.24, 2.45) is 10.4 Å². The Kier molecular flexibility index (Phi) is 8.10. The van der Waals surface area contributed by atoms with E-state index < -0.39 is 0 Å². The highest BCUT2D eigenvalue weighted by atomic mass is 32.2. The van der Waals surface area contributed by atoms with Gasteiger partial charge < -0.3 is 15.4 Å². The molecule has 0 heterocycles. The second kappa shape index (κ2) is 10.1. The smallest absolute Gasteiger partial charge is 0.191 e. The topological polar surface area (TPSA) is 45.7 Å². The summed E-state index contributed by atoms with van der Waals surface area (Å²) in [5.41, 5.74) is 2.97. The van der Waals surface area contributed by atoms with E-state index >= 15 is 0 Å². The van der Waals surface area contributed by atoms with Crippen molar-refractivity contribution in [3.63, 3.8) is 0 Å². The van der Waals surface area contributed by atoms with Gasteiger partial charge >= 0.3 is 0 Å². The number of ether oxygens (including phenoxy) is 1. The van der Waals surface area contributed by atoms with Crippen LogP contribution in [-0.4, -0.2) is 39.0 Å². The third kappa shape index (κ3) is 5.93. The first-order valence-electron chi connectivity index (χ1n) is 9.27. The molecule has 1 aromatic rings. The van der Waals surface area contributed by atoms with E-state index in [2.05, 4.69) is 48.9 Å². The molecular weight excluding hydrogens is 330 g/mol. The van der Waals surface area contributed by atoms with Crippen molar-refractivity contribution in [3.05, 3.63) is 29.3 Å². The minimum absolute atomic E-state index is 0.389. The number of thioether (sulfide) groups is 1. The second-order valence-corrected chi connectivity index (χ2v) is 7.81. The molecule has 0 aliphatic heterocycles. The fourth-order valence-electron chi connectivity index (χ4n) is 3.27. The van der Waals surface area contributed by atoms with Gasteiger partial charge in [0.1, 0.15) is 0 Å². The van der Waals surface area contributed by atoms with Crippen LogP contribution in [0.4, 0.5) is 0 Å². The summed E-state index contributed by atoms with van der Waals surface area (Å²) in [6.07, 6.45) is 7.17. The maximum atomic E-state index is 5.29. The maximum Gasteiger partial charge on any atom is 0.191 e. The van der Waals surface area contributed by atoms with Crippen LogP contribution in [0.25, 0.3) is 0 Å². The zero-order valence-electron chi connectivity index (χ0n) is 16.2. The number of nitrogens with one attached hydrogen (secondary N) is 2. The lowest BCUT2D eigenvalue weighted by Gasteiger charge is -2.42. The van der Waals surface area contributed by atoms with Gasteiger partial charge in [0.2, 0.25) is 0 Å². The van der Waals surface area contributed by atoms with Crippen LogP contribution in [0, 0.1) is 12.3 Å². The monoisotopic (exact) mass is 363 g/mol. The van der Waals surface area contributed by atoms with Gasteiger partial charge in [-0.05, 0) is 62.0 Å². The highest BCUT2D eigenvalue weighted by Gasteiger charge is 2.36. The van der Waals surface area contributed by atoms with Gasteiger partial charge in [0, 0.05) is 31.7 Å². The third-order valence-electron chi connectivity index (χ3n) is 5.08. The Hall–Kier alpha value is -1.20. The summed E-state index contributed by atoms with van der Waals surface area (Å²) >= 11 is 1.79. The number of methoxy groups -OCH3 is 1. The average molecular weight is 364 g/mol. The molecule has 0 aromatic heterocycles.